The van der Waals surface area contributed by atoms with Gasteiger partial charge < -0.3 is 5.11 Å². The lowest BCUT2D eigenvalue weighted by atomic mass is 10.1. The van der Waals surface area contributed by atoms with Crippen molar-refractivity contribution in [2.75, 3.05) is 0 Å². The molecule has 0 radical (unpaired) electrons. The third kappa shape index (κ3) is 5.04. The van der Waals surface area contributed by atoms with Crippen molar-refractivity contribution in [3.8, 4) is 0 Å². The van der Waals surface area contributed by atoms with Crippen LogP contribution in [0.1, 0.15) is 24.5 Å². The fourth-order valence-corrected chi connectivity index (χ4v) is 2.39. The van der Waals surface area contributed by atoms with Crippen molar-refractivity contribution < 1.29 is 9.90 Å². The number of carboxylic acids is 1. The molecule has 3 nitrogen and oxygen atoms in total. The van der Waals surface area contributed by atoms with Gasteiger partial charge in [-0.05, 0) is 18.1 Å². The number of rotatable bonds is 7. The summed E-state index contributed by atoms with van der Waals surface area (Å²) < 4.78 is 0. The van der Waals surface area contributed by atoms with Gasteiger partial charge in [0.05, 0.1) is 6.42 Å². The van der Waals surface area contributed by atoms with Crippen LogP contribution in [0.15, 0.2) is 60.7 Å². The van der Waals surface area contributed by atoms with Gasteiger partial charge in [0, 0.05) is 19.1 Å². The van der Waals surface area contributed by atoms with Crippen molar-refractivity contribution in [2.24, 2.45) is 0 Å². The highest BCUT2D eigenvalue weighted by molar-refractivity contribution is 5.67. The zero-order chi connectivity index (χ0) is 15.1. The Balaban J connectivity index is 2.11. The highest BCUT2D eigenvalue weighted by atomic mass is 16.4. The van der Waals surface area contributed by atoms with Crippen molar-refractivity contribution in [1.29, 1.82) is 0 Å². The van der Waals surface area contributed by atoms with Gasteiger partial charge in [0.1, 0.15) is 0 Å². The number of hydrogen-bond acceptors (Lipinski definition) is 2. The molecule has 0 spiro atoms. The first-order valence-electron chi connectivity index (χ1n) is 7.19. The first kappa shape index (κ1) is 15.3. The molecular weight excluding hydrogens is 262 g/mol. The number of benzene rings is 2. The zero-order valence-corrected chi connectivity index (χ0v) is 12.3. The minimum absolute atomic E-state index is 0.0112. The van der Waals surface area contributed by atoms with E-state index in [-0.39, 0.29) is 12.5 Å². The molecule has 0 heterocycles. The maximum Gasteiger partial charge on any atom is 0.304 e. The molecule has 0 aliphatic rings. The standard InChI is InChI=1S/C18H21NO2/c1-15(12-18(20)21)19(13-16-8-4-2-5-9-16)14-17-10-6-3-7-11-17/h2-11,15H,12-14H2,1H3,(H,20,21). The Kier molecular flexibility index (Phi) is 5.52. The molecule has 0 fully saturated rings. The van der Waals surface area contributed by atoms with Crippen molar-refractivity contribution >= 4 is 5.97 Å². The highest BCUT2D eigenvalue weighted by Gasteiger charge is 2.17. The summed E-state index contributed by atoms with van der Waals surface area (Å²) in [7, 11) is 0. The summed E-state index contributed by atoms with van der Waals surface area (Å²) in [6.07, 6.45) is 0.152. The van der Waals surface area contributed by atoms with Gasteiger partial charge in [-0.25, -0.2) is 0 Å². The molecule has 2 aromatic rings. The van der Waals surface area contributed by atoms with Gasteiger partial charge in [-0.15, -0.1) is 0 Å². The summed E-state index contributed by atoms with van der Waals surface area (Å²) >= 11 is 0. The Morgan fingerprint density at radius 2 is 1.38 bits per heavy atom. The third-order valence-corrected chi connectivity index (χ3v) is 3.55. The minimum atomic E-state index is -0.756. The van der Waals surface area contributed by atoms with Gasteiger partial charge in [-0.1, -0.05) is 60.7 Å². The topological polar surface area (TPSA) is 40.5 Å². The normalized spacial score (nSPS) is 12.3. The van der Waals surface area contributed by atoms with Crippen LogP contribution in [0, 0.1) is 0 Å². The van der Waals surface area contributed by atoms with Crippen molar-refractivity contribution in [3.63, 3.8) is 0 Å². The fourth-order valence-electron chi connectivity index (χ4n) is 2.39. The van der Waals surface area contributed by atoms with E-state index in [4.69, 9.17) is 5.11 Å². The number of carbonyl (C=O) groups is 1. The third-order valence-electron chi connectivity index (χ3n) is 3.55. The monoisotopic (exact) mass is 283 g/mol. The maximum absolute atomic E-state index is 11.0. The predicted molar refractivity (Wildman–Crippen MR) is 83.8 cm³/mol. The van der Waals surface area contributed by atoms with Crippen molar-refractivity contribution in [1.82, 2.24) is 4.90 Å². The average Bonchev–Trinajstić information content (AvgIpc) is 2.48. The molecular formula is C18H21NO2. The largest absolute Gasteiger partial charge is 0.481 e. The van der Waals surface area contributed by atoms with Crippen LogP contribution in [-0.2, 0) is 17.9 Å². The highest BCUT2D eigenvalue weighted by Crippen LogP contribution is 2.15. The molecule has 1 atom stereocenters. The van der Waals surface area contributed by atoms with Gasteiger partial charge in [0.15, 0.2) is 0 Å². The second-order valence-corrected chi connectivity index (χ2v) is 5.32. The fraction of sp³-hybridized carbons (Fsp3) is 0.278. The quantitative estimate of drug-likeness (QED) is 0.844. The van der Waals surface area contributed by atoms with Gasteiger partial charge in [-0.3, -0.25) is 9.69 Å². The maximum atomic E-state index is 11.0. The number of carboxylic acid groups (broad SMARTS) is 1. The Labute approximate surface area is 125 Å². The lowest BCUT2D eigenvalue weighted by Gasteiger charge is -2.28. The van der Waals surface area contributed by atoms with Gasteiger partial charge in [-0.2, -0.15) is 0 Å². The Bertz CT molecular complexity index is 512. The summed E-state index contributed by atoms with van der Waals surface area (Å²) in [5.74, 6) is -0.756. The van der Waals surface area contributed by atoms with E-state index in [9.17, 15) is 4.79 Å². The van der Waals surface area contributed by atoms with Crippen LogP contribution in [0.4, 0.5) is 0 Å². The van der Waals surface area contributed by atoms with Crippen LogP contribution >= 0.6 is 0 Å². The minimum Gasteiger partial charge on any atom is -0.481 e. The molecule has 0 aliphatic carbocycles. The molecule has 2 rings (SSSR count). The van der Waals surface area contributed by atoms with Gasteiger partial charge >= 0.3 is 5.97 Å². The molecule has 0 saturated heterocycles. The van der Waals surface area contributed by atoms with Gasteiger partial charge in [0.25, 0.3) is 0 Å². The molecule has 0 amide bonds. The Morgan fingerprint density at radius 1 is 0.952 bits per heavy atom. The van der Waals surface area contributed by atoms with E-state index in [1.165, 1.54) is 11.1 Å². The first-order chi connectivity index (χ1) is 10.1. The lowest BCUT2D eigenvalue weighted by molar-refractivity contribution is -0.138. The summed E-state index contributed by atoms with van der Waals surface area (Å²) in [5, 5.41) is 9.04. The van der Waals surface area contributed by atoms with E-state index in [1.54, 1.807) is 0 Å². The van der Waals surface area contributed by atoms with Crippen molar-refractivity contribution in [3.05, 3.63) is 71.8 Å². The lowest BCUT2D eigenvalue weighted by Crippen LogP contribution is -2.33. The second kappa shape index (κ2) is 7.60. The van der Waals surface area contributed by atoms with Gasteiger partial charge in [0.2, 0.25) is 0 Å². The van der Waals surface area contributed by atoms with E-state index >= 15 is 0 Å². The van der Waals surface area contributed by atoms with E-state index < -0.39 is 5.97 Å². The smallest absolute Gasteiger partial charge is 0.304 e. The molecule has 110 valence electrons. The average molecular weight is 283 g/mol. The summed E-state index contributed by atoms with van der Waals surface area (Å²) in [6.45, 7) is 3.48. The second-order valence-electron chi connectivity index (χ2n) is 5.32. The van der Waals surface area contributed by atoms with Crippen LogP contribution in [0.3, 0.4) is 0 Å². The Morgan fingerprint density at radius 3 is 1.76 bits per heavy atom. The molecule has 0 bridgehead atoms. The first-order valence-corrected chi connectivity index (χ1v) is 7.19. The van der Waals surface area contributed by atoms with Crippen LogP contribution in [0.2, 0.25) is 0 Å². The molecule has 0 aliphatic heterocycles. The Hall–Kier alpha value is -2.13. The van der Waals surface area contributed by atoms with Crippen LogP contribution in [0.25, 0.3) is 0 Å². The molecule has 1 unspecified atom stereocenters. The SMILES string of the molecule is CC(CC(=O)O)N(Cc1ccccc1)Cc1ccccc1. The molecule has 3 heteroatoms. The molecule has 0 saturated carbocycles. The van der Waals surface area contributed by atoms with Crippen LogP contribution < -0.4 is 0 Å². The summed E-state index contributed by atoms with van der Waals surface area (Å²) in [6, 6.07) is 20.3. The van der Waals surface area contributed by atoms with E-state index in [1.807, 2.05) is 43.3 Å². The van der Waals surface area contributed by atoms with Crippen LogP contribution in [0.5, 0.6) is 0 Å². The summed E-state index contributed by atoms with van der Waals surface area (Å²) in [5.41, 5.74) is 2.40. The molecule has 0 aromatic heterocycles. The van der Waals surface area contributed by atoms with Crippen molar-refractivity contribution in [2.45, 2.75) is 32.5 Å². The summed E-state index contributed by atoms with van der Waals surface area (Å²) in [4.78, 5) is 13.2. The van der Waals surface area contributed by atoms with E-state index in [0.717, 1.165) is 13.1 Å². The predicted octanol–water partition coefficient (Wildman–Crippen LogP) is 3.55. The zero-order valence-electron chi connectivity index (χ0n) is 12.3. The number of nitrogens with zero attached hydrogens (tertiary/aromatic N) is 1. The molecule has 21 heavy (non-hydrogen) atoms. The molecule has 1 N–H and O–H groups in total. The van der Waals surface area contributed by atoms with Crippen LogP contribution in [-0.4, -0.2) is 22.0 Å². The van der Waals surface area contributed by atoms with E-state index in [0.29, 0.717) is 0 Å². The molecule has 2 aromatic carbocycles. The number of aliphatic carboxylic acids is 1. The van der Waals surface area contributed by atoms with E-state index in [2.05, 4.69) is 29.2 Å². The number of hydrogen-bond donors (Lipinski definition) is 1.